The summed E-state index contributed by atoms with van der Waals surface area (Å²) in [6.45, 7) is 1.05. The van der Waals surface area contributed by atoms with Gasteiger partial charge in [-0.1, -0.05) is 6.07 Å². The number of methoxy groups -OCH3 is 1. The molecule has 0 saturated carbocycles. The van der Waals surface area contributed by atoms with E-state index in [1.165, 1.54) is 18.2 Å². The van der Waals surface area contributed by atoms with Gasteiger partial charge in [0.25, 0.3) is 11.6 Å². The van der Waals surface area contributed by atoms with Gasteiger partial charge in [0.05, 0.1) is 4.92 Å². The molecule has 0 aliphatic heterocycles. The van der Waals surface area contributed by atoms with E-state index >= 15 is 0 Å². The van der Waals surface area contributed by atoms with Crippen LogP contribution in [0.25, 0.3) is 0 Å². The van der Waals surface area contributed by atoms with Crippen molar-refractivity contribution in [2.75, 3.05) is 20.3 Å². The van der Waals surface area contributed by atoms with Gasteiger partial charge in [-0.15, -0.1) is 0 Å². The largest absolute Gasteiger partial charge is 0.385 e. The molecule has 0 unspecified atom stereocenters. The summed E-state index contributed by atoms with van der Waals surface area (Å²) in [5.74, 6) is -0.315. The van der Waals surface area contributed by atoms with Gasteiger partial charge in [-0.2, -0.15) is 0 Å². The van der Waals surface area contributed by atoms with E-state index in [0.717, 1.165) is 0 Å². The van der Waals surface area contributed by atoms with Crippen molar-refractivity contribution in [1.29, 1.82) is 0 Å². The zero-order valence-electron chi connectivity index (χ0n) is 9.51. The molecule has 0 aliphatic rings. The van der Waals surface area contributed by atoms with Crippen molar-refractivity contribution in [2.45, 2.75) is 6.42 Å². The van der Waals surface area contributed by atoms with Crippen molar-refractivity contribution in [3.8, 4) is 0 Å². The van der Waals surface area contributed by atoms with Crippen molar-refractivity contribution < 1.29 is 14.5 Å². The highest BCUT2D eigenvalue weighted by Crippen LogP contribution is 2.12. The second-order valence-corrected chi connectivity index (χ2v) is 3.41. The van der Waals surface area contributed by atoms with Crippen LogP contribution in [0, 0.1) is 10.1 Å². The molecule has 6 nitrogen and oxygen atoms in total. The summed E-state index contributed by atoms with van der Waals surface area (Å²) in [4.78, 5) is 21.6. The molecule has 1 aromatic carbocycles. The van der Waals surface area contributed by atoms with E-state index in [-0.39, 0.29) is 17.2 Å². The van der Waals surface area contributed by atoms with Crippen LogP contribution in [0.4, 0.5) is 5.69 Å². The summed E-state index contributed by atoms with van der Waals surface area (Å²) < 4.78 is 4.84. The number of carbonyl (C=O) groups is 1. The first-order chi connectivity index (χ1) is 8.15. The monoisotopic (exact) mass is 238 g/mol. The number of hydrogen-bond acceptors (Lipinski definition) is 4. The van der Waals surface area contributed by atoms with E-state index in [0.29, 0.717) is 19.6 Å². The molecule has 0 spiro atoms. The van der Waals surface area contributed by atoms with Crippen LogP contribution >= 0.6 is 0 Å². The highest BCUT2D eigenvalue weighted by Gasteiger charge is 2.10. The number of hydrogen-bond donors (Lipinski definition) is 1. The van der Waals surface area contributed by atoms with Crippen LogP contribution in [-0.4, -0.2) is 31.1 Å². The maximum atomic E-state index is 11.6. The lowest BCUT2D eigenvalue weighted by Gasteiger charge is -2.04. The van der Waals surface area contributed by atoms with E-state index in [2.05, 4.69) is 5.32 Å². The van der Waals surface area contributed by atoms with Crippen LogP contribution in [0.3, 0.4) is 0 Å². The number of nitro groups is 1. The molecule has 92 valence electrons. The van der Waals surface area contributed by atoms with Crippen molar-refractivity contribution in [2.24, 2.45) is 0 Å². The fourth-order valence-corrected chi connectivity index (χ4v) is 1.28. The summed E-state index contributed by atoms with van der Waals surface area (Å²) in [5.41, 5.74) is 0.200. The normalized spacial score (nSPS) is 9.94. The van der Waals surface area contributed by atoms with Crippen LogP contribution in [0.1, 0.15) is 16.8 Å². The number of nitrogens with one attached hydrogen (secondary N) is 1. The molecule has 0 aliphatic carbocycles. The van der Waals surface area contributed by atoms with Crippen LogP contribution in [0.5, 0.6) is 0 Å². The SMILES string of the molecule is COCCCNC(=O)c1cccc([N+](=O)[O-])c1. The Morgan fingerprint density at radius 3 is 2.94 bits per heavy atom. The molecule has 1 aromatic rings. The first-order valence-electron chi connectivity index (χ1n) is 5.16. The molecule has 0 fully saturated rings. The minimum atomic E-state index is -0.526. The summed E-state index contributed by atoms with van der Waals surface area (Å²) in [6.07, 6.45) is 0.706. The summed E-state index contributed by atoms with van der Waals surface area (Å²) >= 11 is 0. The van der Waals surface area contributed by atoms with E-state index in [9.17, 15) is 14.9 Å². The van der Waals surface area contributed by atoms with Crippen LogP contribution in [0.15, 0.2) is 24.3 Å². The maximum Gasteiger partial charge on any atom is 0.270 e. The quantitative estimate of drug-likeness (QED) is 0.461. The molecule has 0 radical (unpaired) electrons. The minimum Gasteiger partial charge on any atom is -0.385 e. The van der Waals surface area contributed by atoms with Gasteiger partial charge in [0, 0.05) is 38.0 Å². The molecule has 1 amide bonds. The average molecular weight is 238 g/mol. The number of non-ortho nitro benzene ring substituents is 1. The number of rotatable bonds is 6. The molecule has 1 rings (SSSR count). The Morgan fingerprint density at radius 1 is 1.53 bits per heavy atom. The maximum absolute atomic E-state index is 11.6. The van der Waals surface area contributed by atoms with Crippen molar-refractivity contribution in [3.05, 3.63) is 39.9 Å². The molecular formula is C11H14N2O4. The van der Waals surface area contributed by atoms with Gasteiger partial charge >= 0.3 is 0 Å². The number of nitrogens with zero attached hydrogens (tertiary/aromatic N) is 1. The molecule has 0 atom stereocenters. The van der Waals surface area contributed by atoms with Crippen LogP contribution in [-0.2, 0) is 4.74 Å². The summed E-state index contributed by atoms with van der Waals surface area (Å²) in [5, 5.41) is 13.2. The van der Waals surface area contributed by atoms with E-state index in [1.807, 2.05) is 0 Å². The van der Waals surface area contributed by atoms with Crippen molar-refractivity contribution in [1.82, 2.24) is 5.32 Å². The third-order valence-electron chi connectivity index (χ3n) is 2.13. The lowest BCUT2D eigenvalue weighted by molar-refractivity contribution is -0.384. The first kappa shape index (κ1) is 13.1. The first-order valence-corrected chi connectivity index (χ1v) is 5.16. The standard InChI is InChI=1S/C11H14N2O4/c1-17-7-3-6-12-11(14)9-4-2-5-10(8-9)13(15)16/h2,4-5,8H,3,6-7H2,1H3,(H,12,14). The minimum absolute atomic E-state index is 0.0884. The third-order valence-corrected chi connectivity index (χ3v) is 2.13. The molecule has 17 heavy (non-hydrogen) atoms. The van der Waals surface area contributed by atoms with Gasteiger partial charge in [0.2, 0.25) is 0 Å². The molecule has 1 N–H and O–H groups in total. The Balaban J connectivity index is 2.56. The highest BCUT2D eigenvalue weighted by atomic mass is 16.6. The Morgan fingerprint density at radius 2 is 2.29 bits per heavy atom. The zero-order chi connectivity index (χ0) is 12.7. The Kier molecular flexibility index (Phi) is 5.09. The Labute approximate surface area is 98.7 Å². The van der Waals surface area contributed by atoms with Crippen molar-refractivity contribution in [3.63, 3.8) is 0 Å². The number of amides is 1. The summed E-state index contributed by atoms with van der Waals surface area (Å²) in [7, 11) is 1.59. The van der Waals surface area contributed by atoms with Crippen molar-refractivity contribution >= 4 is 11.6 Å². The van der Waals surface area contributed by atoms with Crippen LogP contribution < -0.4 is 5.32 Å². The van der Waals surface area contributed by atoms with Gasteiger partial charge in [-0.3, -0.25) is 14.9 Å². The lowest BCUT2D eigenvalue weighted by Crippen LogP contribution is -2.25. The van der Waals surface area contributed by atoms with Gasteiger partial charge in [-0.25, -0.2) is 0 Å². The molecule has 0 aromatic heterocycles. The highest BCUT2D eigenvalue weighted by molar-refractivity contribution is 5.94. The Bertz CT molecular complexity index is 406. The molecule has 6 heteroatoms. The fourth-order valence-electron chi connectivity index (χ4n) is 1.28. The number of benzene rings is 1. The van der Waals surface area contributed by atoms with Gasteiger partial charge < -0.3 is 10.1 Å². The van der Waals surface area contributed by atoms with E-state index < -0.39 is 4.92 Å². The van der Waals surface area contributed by atoms with Gasteiger partial charge in [-0.05, 0) is 12.5 Å². The van der Waals surface area contributed by atoms with E-state index in [1.54, 1.807) is 13.2 Å². The van der Waals surface area contributed by atoms with Gasteiger partial charge in [0.15, 0.2) is 0 Å². The smallest absolute Gasteiger partial charge is 0.270 e. The Hall–Kier alpha value is -1.95. The number of ether oxygens (including phenoxy) is 1. The third kappa shape index (κ3) is 4.20. The zero-order valence-corrected chi connectivity index (χ0v) is 9.51. The van der Waals surface area contributed by atoms with Gasteiger partial charge in [0.1, 0.15) is 0 Å². The average Bonchev–Trinajstić information content (AvgIpc) is 2.34. The second kappa shape index (κ2) is 6.59. The molecule has 0 heterocycles. The molecular weight excluding hydrogens is 224 g/mol. The molecule has 0 saturated heterocycles. The predicted molar refractivity (Wildman–Crippen MR) is 61.9 cm³/mol. The predicted octanol–water partition coefficient (Wildman–Crippen LogP) is 1.36. The summed E-state index contributed by atoms with van der Waals surface area (Å²) in [6, 6.07) is 5.63. The molecule has 0 bridgehead atoms. The number of nitro benzene ring substituents is 1. The van der Waals surface area contributed by atoms with Crippen LogP contribution in [0.2, 0.25) is 0 Å². The lowest BCUT2D eigenvalue weighted by atomic mass is 10.2. The number of carbonyl (C=O) groups excluding carboxylic acids is 1. The fraction of sp³-hybridized carbons (Fsp3) is 0.364. The van der Waals surface area contributed by atoms with E-state index in [4.69, 9.17) is 4.74 Å². The topological polar surface area (TPSA) is 81.5 Å². The second-order valence-electron chi connectivity index (χ2n) is 3.41.